The van der Waals surface area contributed by atoms with Gasteiger partial charge in [-0.05, 0) is 19.1 Å². The summed E-state index contributed by atoms with van der Waals surface area (Å²) in [6.45, 7) is 6.02. The minimum Gasteiger partial charge on any atom is -0.351 e. The third-order valence-corrected chi connectivity index (χ3v) is 2.88. The van der Waals surface area contributed by atoms with E-state index in [1.54, 1.807) is 0 Å². The summed E-state index contributed by atoms with van der Waals surface area (Å²) in [5, 5.41) is 2.88. The Labute approximate surface area is 84.8 Å². The van der Waals surface area contributed by atoms with Crippen molar-refractivity contribution in [1.82, 2.24) is 5.32 Å². The van der Waals surface area contributed by atoms with Crippen molar-refractivity contribution in [3.05, 3.63) is 0 Å². The molecular weight excluding hydrogens is 184 g/mol. The van der Waals surface area contributed by atoms with Crippen LogP contribution >= 0.6 is 11.8 Å². The summed E-state index contributed by atoms with van der Waals surface area (Å²) in [4.78, 5) is 11.3. The van der Waals surface area contributed by atoms with Crippen LogP contribution in [0.15, 0.2) is 0 Å². The van der Waals surface area contributed by atoms with E-state index < -0.39 is 0 Å². The molecule has 78 valence electrons. The molecule has 0 saturated carbocycles. The van der Waals surface area contributed by atoms with E-state index in [2.05, 4.69) is 12.2 Å². The number of amides is 1. The zero-order chi connectivity index (χ0) is 10.3. The van der Waals surface area contributed by atoms with Gasteiger partial charge in [0.25, 0.3) is 0 Å². The van der Waals surface area contributed by atoms with Crippen LogP contribution in [-0.4, -0.2) is 29.5 Å². The maximum absolute atomic E-state index is 11.3. The van der Waals surface area contributed by atoms with Crippen molar-refractivity contribution in [2.45, 2.75) is 39.3 Å². The van der Waals surface area contributed by atoms with Gasteiger partial charge >= 0.3 is 0 Å². The lowest BCUT2D eigenvalue weighted by Gasteiger charge is -2.15. The molecule has 13 heavy (non-hydrogen) atoms. The monoisotopic (exact) mass is 204 g/mol. The number of thioether (sulfide) groups is 1. The molecule has 0 heterocycles. The predicted molar refractivity (Wildman–Crippen MR) is 58.9 cm³/mol. The molecule has 0 aliphatic rings. The van der Waals surface area contributed by atoms with Gasteiger partial charge in [0.15, 0.2) is 0 Å². The Kier molecular flexibility index (Phi) is 7.09. The molecule has 1 unspecified atom stereocenters. The number of carbonyl (C=O) groups excluding carboxylic acids is 1. The maximum Gasteiger partial charge on any atom is 0.237 e. The van der Waals surface area contributed by atoms with E-state index in [0.29, 0.717) is 6.42 Å². The fourth-order valence-corrected chi connectivity index (χ4v) is 1.54. The van der Waals surface area contributed by atoms with Crippen LogP contribution in [0.1, 0.15) is 27.2 Å². The average molecular weight is 204 g/mol. The minimum absolute atomic E-state index is 0.0355. The van der Waals surface area contributed by atoms with Gasteiger partial charge < -0.3 is 11.1 Å². The van der Waals surface area contributed by atoms with E-state index >= 15 is 0 Å². The standard InChI is InChI=1S/C9H20N2OS/c1-4-8(10)9(12)11-7(3)6-13-5-2/h7-8H,4-6,10H2,1-3H3,(H,11,12)/t7?,8-/m1/s1. The van der Waals surface area contributed by atoms with Crippen LogP contribution in [0.5, 0.6) is 0 Å². The molecule has 0 aliphatic carbocycles. The first-order valence-corrected chi connectivity index (χ1v) is 5.90. The Bertz CT molecular complexity index is 153. The number of nitrogens with one attached hydrogen (secondary N) is 1. The number of hydrogen-bond acceptors (Lipinski definition) is 3. The smallest absolute Gasteiger partial charge is 0.237 e. The van der Waals surface area contributed by atoms with E-state index in [1.165, 1.54) is 0 Å². The first-order valence-electron chi connectivity index (χ1n) is 4.75. The van der Waals surface area contributed by atoms with Crippen molar-refractivity contribution in [2.75, 3.05) is 11.5 Å². The molecule has 0 aliphatic heterocycles. The summed E-state index contributed by atoms with van der Waals surface area (Å²) in [5.41, 5.74) is 5.57. The van der Waals surface area contributed by atoms with Crippen LogP contribution in [0, 0.1) is 0 Å². The zero-order valence-corrected chi connectivity index (χ0v) is 9.49. The molecule has 0 aromatic rings. The van der Waals surface area contributed by atoms with E-state index in [-0.39, 0.29) is 18.0 Å². The average Bonchev–Trinajstić information content (AvgIpc) is 2.13. The first kappa shape index (κ1) is 12.8. The molecule has 0 fully saturated rings. The summed E-state index contributed by atoms with van der Waals surface area (Å²) in [7, 11) is 0. The van der Waals surface area contributed by atoms with Gasteiger partial charge in [-0.1, -0.05) is 13.8 Å². The van der Waals surface area contributed by atoms with Crippen LogP contribution in [0.2, 0.25) is 0 Å². The molecule has 0 bridgehead atoms. The minimum atomic E-state index is -0.353. The van der Waals surface area contributed by atoms with E-state index in [0.717, 1.165) is 11.5 Å². The van der Waals surface area contributed by atoms with Gasteiger partial charge in [-0.3, -0.25) is 4.79 Å². The Morgan fingerprint density at radius 3 is 2.62 bits per heavy atom. The van der Waals surface area contributed by atoms with Crippen LogP contribution in [0.3, 0.4) is 0 Å². The third kappa shape index (κ3) is 5.93. The summed E-state index contributed by atoms with van der Waals surface area (Å²) >= 11 is 1.82. The summed E-state index contributed by atoms with van der Waals surface area (Å²) < 4.78 is 0. The molecule has 0 aromatic heterocycles. The van der Waals surface area contributed by atoms with Crippen molar-refractivity contribution in [3.63, 3.8) is 0 Å². The van der Waals surface area contributed by atoms with Crippen molar-refractivity contribution >= 4 is 17.7 Å². The van der Waals surface area contributed by atoms with Crippen molar-refractivity contribution < 1.29 is 4.79 Å². The molecular formula is C9H20N2OS. The van der Waals surface area contributed by atoms with Crippen LogP contribution in [0.4, 0.5) is 0 Å². The van der Waals surface area contributed by atoms with E-state index in [9.17, 15) is 4.79 Å². The van der Waals surface area contributed by atoms with Gasteiger partial charge in [0.2, 0.25) is 5.91 Å². The van der Waals surface area contributed by atoms with Gasteiger partial charge in [-0.15, -0.1) is 0 Å². The molecule has 2 atom stereocenters. The Balaban J connectivity index is 3.64. The Morgan fingerprint density at radius 1 is 1.54 bits per heavy atom. The summed E-state index contributed by atoms with van der Waals surface area (Å²) in [6, 6.07) is -0.135. The Hall–Kier alpha value is -0.220. The second-order valence-electron chi connectivity index (χ2n) is 3.08. The van der Waals surface area contributed by atoms with E-state index in [1.807, 2.05) is 25.6 Å². The molecule has 0 spiro atoms. The second-order valence-corrected chi connectivity index (χ2v) is 4.40. The van der Waals surface area contributed by atoms with Gasteiger partial charge in [0.1, 0.15) is 0 Å². The lowest BCUT2D eigenvalue weighted by atomic mass is 10.2. The van der Waals surface area contributed by atoms with Gasteiger partial charge in [-0.25, -0.2) is 0 Å². The second kappa shape index (κ2) is 7.21. The maximum atomic E-state index is 11.3. The van der Waals surface area contributed by atoms with Crippen molar-refractivity contribution in [2.24, 2.45) is 5.73 Å². The largest absolute Gasteiger partial charge is 0.351 e. The lowest BCUT2D eigenvalue weighted by molar-refractivity contribution is -0.122. The van der Waals surface area contributed by atoms with Crippen molar-refractivity contribution in [1.29, 1.82) is 0 Å². The van der Waals surface area contributed by atoms with Crippen LogP contribution < -0.4 is 11.1 Å². The van der Waals surface area contributed by atoms with Crippen molar-refractivity contribution in [3.8, 4) is 0 Å². The fourth-order valence-electron chi connectivity index (χ4n) is 0.872. The number of rotatable bonds is 6. The molecule has 0 radical (unpaired) electrons. The van der Waals surface area contributed by atoms with E-state index in [4.69, 9.17) is 5.73 Å². The predicted octanol–water partition coefficient (Wildman–Crippen LogP) is 0.981. The molecule has 3 N–H and O–H groups in total. The SMILES string of the molecule is CCSCC(C)NC(=O)[C@H](N)CC. The summed E-state index contributed by atoms with van der Waals surface area (Å²) in [6.07, 6.45) is 0.694. The normalized spacial score (nSPS) is 15.1. The molecule has 4 heteroatoms. The van der Waals surface area contributed by atoms with Gasteiger partial charge in [0, 0.05) is 11.8 Å². The molecule has 0 aromatic carbocycles. The first-order chi connectivity index (χ1) is 6.11. The summed E-state index contributed by atoms with van der Waals surface area (Å²) in [5.74, 6) is 2.00. The highest BCUT2D eigenvalue weighted by Gasteiger charge is 2.12. The molecule has 0 rings (SSSR count). The lowest BCUT2D eigenvalue weighted by Crippen LogP contribution is -2.44. The molecule has 0 saturated heterocycles. The van der Waals surface area contributed by atoms with Gasteiger partial charge in [-0.2, -0.15) is 11.8 Å². The highest BCUT2D eigenvalue weighted by atomic mass is 32.2. The van der Waals surface area contributed by atoms with Gasteiger partial charge in [0.05, 0.1) is 6.04 Å². The third-order valence-electron chi connectivity index (χ3n) is 1.74. The highest BCUT2D eigenvalue weighted by Crippen LogP contribution is 2.01. The highest BCUT2D eigenvalue weighted by molar-refractivity contribution is 7.99. The zero-order valence-electron chi connectivity index (χ0n) is 8.67. The number of carbonyl (C=O) groups is 1. The van der Waals surface area contributed by atoms with Crippen LogP contribution in [-0.2, 0) is 4.79 Å². The Morgan fingerprint density at radius 2 is 2.15 bits per heavy atom. The molecule has 3 nitrogen and oxygen atoms in total. The fraction of sp³-hybridized carbons (Fsp3) is 0.889. The topological polar surface area (TPSA) is 55.1 Å². The van der Waals surface area contributed by atoms with Crippen LogP contribution in [0.25, 0.3) is 0 Å². The molecule has 1 amide bonds. The number of hydrogen-bond donors (Lipinski definition) is 2. The quantitative estimate of drug-likeness (QED) is 0.678. The number of nitrogens with two attached hydrogens (primary N) is 1.